The van der Waals surface area contributed by atoms with E-state index in [0.29, 0.717) is 22.0 Å². The smallest absolute Gasteiger partial charge is 0.244 e. The highest BCUT2D eigenvalue weighted by Crippen LogP contribution is 2.27. The molecule has 2 amide bonds. The van der Waals surface area contributed by atoms with Crippen molar-refractivity contribution in [1.82, 2.24) is 10.2 Å². The van der Waals surface area contributed by atoms with Gasteiger partial charge < -0.3 is 10.2 Å². The molecule has 2 aromatic rings. The fraction of sp³-hybridized carbons (Fsp3) is 0.417. The summed E-state index contributed by atoms with van der Waals surface area (Å²) in [5.74, 6) is -1.76. The van der Waals surface area contributed by atoms with Crippen LogP contribution >= 0.6 is 34.8 Å². The fourth-order valence-corrected chi connectivity index (χ4v) is 4.93. The molecular weight excluding hydrogens is 552 g/mol. The Hall–Kier alpha value is -2.07. The van der Waals surface area contributed by atoms with Crippen LogP contribution < -0.4 is 9.62 Å². The van der Waals surface area contributed by atoms with Crippen LogP contribution in [0, 0.1) is 5.82 Å². The number of nitrogens with zero attached hydrogens (tertiary/aromatic N) is 2. The molecule has 198 valence electrons. The molecule has 0 heterocycles. The van der Waals surface area contributed by atoms with Crippen LogP contribution in [-0.4, -0.2) is 50.0 Å². The maximum Gasteiger partial charge on any atom is 0.244 e. The van der Waals surface area contributed by atoms with Crippen molar-refractivity contribution in [3.63, 3.8) is 0 Å². The third kappa shape index (κ3) is 7.96. The van der Waals surface area contributed by atoms with Gasteiger partial charge in [0.1, 0.15) is 18.4 Å². The molecule has 2 atom stereocenters. The van der Waals surface area contributed by atoms with Crippen LogP contribution in [0.5, 0.6) is 0 Å². The first-order valence-corrected chi connectivity index (χ1v) is 14.2. The standard InChI is InChI=1S/C24H29Cl3FN3O4S/c1-5-15(3)29-24(33)22(6-2)30(13-16-7-8-17(25)11-19(16)26)23(32)14-31(36(4,34)35)18-9-10-21(28)20(27)12-18/h7-12,15,22H,5-6,13-14H2,1-4H3,(H,29,33)/t15-,22+/m1/s1. The molecule has 2 aromatic carbocycles. The summed E-state index contributed by atoms with van der Waals surface area (Å²) in [6.07, 6.45) is 1.87. The normalized spacial score (nSPS) is 13.1. The van der Waals surface area contributed by atoms with Crippen molar-refractivity contribution in [3.8, 4) is 0 Å². The molecular formula is C24H29Cl3FN3O4S. The lowest BCUT2D eigenvalue weighted by Crippen LogP contribution is -2.53. The lowest BCUT2D eigenvalue weighted by atomic mass is 10.1. The Labute approximate surface area is 226 Å². The number of halogens is 4. The number of hydrogen-bond acceptors (Lipinski definition) is 4. The first-order valence-electron chi connectivity index (χ1n) is 11.2. The molecule has 0 spiro atoms. The molecule has 36 heavy (non-hydrogen) atoms. The average molecular weight is 581 g/mol. The molecule has 0 aliphatic heterocycles. The Morgan fingerprint density at radius 3 is 2.22 bits per heavy atom. The number of amides is 2. The number of carbonyl (C=O) groups excluding carboxylic acids is 2. The Morgan fingerprint density at radius 1 is 1.03 bits per heavy atom. The molecule has 0 radical (unpaired) electrons. The van der Waals surface area contributed by atoms with E-state index in [1.165, 1.54) is 17.0 Å². The van der Waals surface area contributed by atoms with E-state index < -0.39 is 34.3 Å². The van der Waals surface area contributed by atoms with Crippen LogP contribution in [0.1, 0.15) is 39.2 Å². The predicted octanol–water partition coefficient (Wildman–Crippen LogP) is 5.27. The average Bonchev–Trinajstić information content (AvgIpc) is 2.79. The molecule has 1 N–H and O–H groups in total. The summed E-state index contributed by atoms with van der Waals surface area (Å²) in [6, 6.07) is 7.08. The van der Waals surface area contributed by atoms with Gasteiger partial charge in [-0.15, -0.1) is 0 Å². The number of rotatable bonds is 11. The molecule has 0 saturated heterocycles. The molecule has 0 unspecified atom stereocenters. The minimum atomic E-state index is -3.98. The van der Waals surface area contributed by atoms with Gasteiger partial charge in [0.2, 0.25) is 21.8 Å². The second-order valence-electron chi connectivity index (χ2n) is 8.37. The van der Waals surface area contributed by atoms with Gasteiger partial charge in [0.05, 0.1) is 17.0 Å². The zero-order chi connectivity index (χ0) is 27.2. The molecule has 0 aliphatic rings. The van der Waals surface area contributed by atoms with Gasteiger partial charge in [0, 0.05) is 22.6 Å². The zero-order valence-electron chi connectivity index (χ0n) is 20.4. The number of benzene rings is 2. The van der Waals surface area contributed by atoms with Gasteiger partial charge in [0.15, 0.2) is 0 Å². The Balaban J connectivity index is 2.50. The maximum atomic E-state index is 13.7. The summed E-state index contributed by atoms with van der Waals surface area (Å²) in [5, 5.41) is 3.28. The van der Waals surface area contributed by atoms with Gasteiger partial charge in [-0.05, 0) is 55.7 Å². The molecule has 0 saturated carbocycles. The minimum Gasteiger partial charge on any atom is -0.352 e. The van der Waals surface area contributed by atoms with Gasteiger partial charge in [-0.2, -0.15) is 0 Å². The van der Waals surface area contributed by atoms with Crippen LogP contribution in [0.15, 0.2) is 36.4 Å². The Bertz CT molecular complexity index is 1210. The van der Waals surface area contributed by atoms with Crippen LogP contribution in [0.3, 0.4) is 0 Å². The van der Waals surface area contributed by atoms with Gasteiger partial charge in [-0.3, -0.25) is 13.9 Å². The first kappa shape index (κ1) is 30.2. The number of sulfonamides is 1. The molecule has 0 bridgehead atoms. The third-order valence-corrected chi connectivity index (χ3v) is 7.63. The highest BCUT2D eigenvalue weighted by atomic mass is 35.5. The molecule has 2 rings (SSSR count). The van der Waals surface area contributed by atoms with E-state index in [4.69, 9.17) is 34.8 Å². The SMILES string of the molecule is CC[C@@H](C)NC(=O)[C@H](CC)N(Cc1ccc(Cl)cc1Cl)C(=O)CN(c1ccc(F)c(Cl)c1)S(C)(=O)=O. The van der Waals surface area contributed by atoms with Crippen LogP contribution in [0.2, 0.25) is 15.1 Å². The fourth-order valence-electron chi connectivity index (χ4n) is 3.45. The molecule has 0 aliphatic carbocycles. The third-order valence-electron chi connectivity index (χ3n) is 5.61. The van der Waals surface area contributed by atoms with Crippen molar-refractivity contribution in [3.05, 3.63) is 62.8 Å². The van der Waals surface area contributed by atoms with Crippen LogP contribution in [0.25, 0.3) is 0 Å². The van der Waals surface area contributed by atoms with Gasteiger partial charge in [-0.1, -0.05) is 54.7 Å². The monoisotopic (exact) mass is 579 g/mol. The molecule has 7 nitrogen and oxygen atoms in total. The highest BCUT2D eigenvalue weighted by molar-refractivity contribution is 7.92. The zero-order valence-corrected chi connectivity index (χ0v) is 23.5. The quantitative estimate of drug-likeness (QED) is 0.392. The summed E-state index contributed by atoms with van der Waals surface area (Å²) in [7, 11) is -3.98. The van der Waals surface area contributed by atoms with Gasteiger partial charge >= 0.3 is 0 Å². The first-order chi connectivity index (χ1) is 16.8. The highest BCUT2D eigenvalue weighted by Gasteiger charge is 2.32. The second kappa shape index (κ2) is 12.9. The van der Waals surface area contributed by atoms with E-state index in [1.54, 1.807) is 19.1 Å². The lowest BCUT2D eigenvalue weighted by molar-refractivity contribution is -0.140. The van der Waals surface area contributed by atoms with Crippen molar-refractivity contribution < 1.29 is 22.4 Å². The van der Waals surface area contributed by atoms with Crippen LogP contribution in [0.4, 0.5) is 10.1 Å². The second-order valence-corrected chi connectivity index (χ2v) is 11.5. The number of nitrogens with one attached hydrogen (secondary N) is 1. The van der Waals surface area contributed by atoms with Crippen molar-refractivity contribution in [2.45, 2.75) is 52.2 Å². The Morgan fingerprint density at radius 2 is 1.69 bits per heavy atom. The van der Waals surface area contributed by atoms with Crippen molar-refractivity contribution >= 4 is 62.3 Å². The number of hydrogen-bond donors (Lipinski definition) is 1. The van der Waals surface area contributed by atoms with Gasteiger partial charge in [-0.25, -0.2) is 12.8 Å². The molecule has 0 aromatic heterocycles. The summed E-state index contributed by atoms with van der Waals surface area (Å²) in [5.41, 5.74) is 0.541. The number of anilines is 1. The topological polar surface area (TPSA) is 86.8 Å². The van der Waals surface area contributed by atoms with E-state index >= 15 is 0 Å². The van der Waals surface area contributed by atoms with E-state index in [1.807, 2.05) is 13.8 Å². The predicted molar refractivity (Wildman–Crippen MR) is 143 cm³/mol. The van der Waals surface area contributed by atoms with E-state index in [9.17, 15) is 22.4 Å². The summed E-state index contributed by atoms with van der Waals surface area (Å²) in [6.45, 7) is 4.80. The summed E-state index contributed by atoms with van der Waals surface area (Å²) in [4.78, 5) is 28.0. The number of carbonyl (C=O) groups is 2. The Kier molecular flexibility index (Phi) is 10.8. The molecule has 0 fully saturated rings. The molecule has 12 heteroatoms. The summed E-state index contributed by atoms with van der Waals surface area (Å²) >= 11 is 18.2. The van der Waals surface area contributed by atoms with Crippen molar-refractivity contribution in [1.29, 1.82) is 0 Å². The van der Waals surface area contributed by atoms with E-state index in [0.717, 1.165) is 22.7 Å². The largest absolute Gasteiger partial charge is 0.352 e. The lowest BCUT2D eigenvalue weighted by Gasteiger charge is -2.33. The summed E-state index contributed by atoms with van der Waals surface area (Å²) < 4.78 is 39.7. The van der Waals surface area contributed by atoms with Crippen molar-refractivity contribution in [2.75, 3.05) is 17.1 Å². The van der Waals surface area contributed by atoms with E-state index in [-0.39, 0.29) is 35.6 Å². The van der Waals surface area contributed by atoms with E-state index in [2.05, 4.69) is 5.32 Å². The maximum absolute atomic E-state index is 13.7. The minimum absolute atomic E-state index is 0.0128. The van der Waals surface area contributed by atoms with Crippen molar-refractivity contribution in [2.24, 2.45) is 0 Å². The van der Waals surface area contributed by atoms with Crippen LogP contribution in [-0.2, 0) is 26.2 Å². The van der Waals surface area contributed by atoms with Gasteiger partial charge in [0.25, 0.3) is 0 Å².